The minimum Gasteiger partial charge on any atom is -0.349 e. The van der Waals surface area contributed by atoms with Crippen LogP contribution in [0.25, 0.3) is 0 Å². The molecule has 10 heteroatoms. The topological polar surface area (TPSA) is 81.8 Å². The molecule has 3 rings (SSSR count). The summed E-state index contributed by atoms with van der Waals surface area (Å²) in [5.74, 6) is -1.65. The first kappa shape index (κ1) is 22.9. The lowest BCUT2D eigenvalue weighted by Crippen LogP contribution is -2.33. The number of carbonyl (C=O) groups is 2. The van der Waals surface area contributed by atoms with Gasteiger partial charge in [-0.1, -0.05) is 37.3 Å². The van der Waals surface area contributed by atoms with E-state index in [2.05, 4.69) is 15.3 Å². The van der Waals surface area contributed by atoms with Crippen LogP contribution in [-0.4, -0.2) is 37.2 Å². The van der Waals surface area contributed by atoms with Crippen LogP contribution in [0.5, 0.6) is 0 Å². The summed E-state index contributed by atoms with van der Waals surface area (Å²) in [4.78, 5) is 30.5. The lowest BCUT2D eigenvalue weighted by Gasteiger charge is -2.18. The molecule has 0 unspecified atom stereocenters. The molecule has 1 amide bonds. The molecule has 160 valence electrons. The SMILES string of the molecule is C[C@H](CC(F)(F)F)C(=O)N[C@@H](C)c1ccccc1.O=C(n1ccnc1)n1ccnc1. The first-order valence-corrected chi connectivity index (χ1v) is 9.10. The van der Waals surface area contributed by atoms with Gasteiger partial charge in [0.05, 0.1) is 12.5 Å². The normalized spacial score (nSPS) is 13.0. The highest BCUT2D eigenvalue weighted by atomic mass is 19.4. The van der Waals surface area contributed by atoms with Crippen LogP contribution in [0.2, 0.25) is 0 Å². The van der Waals surface area contributed by atoms with Gasteiger partial charge in [-0.3, -0.25) is 13.9 Å². The number of rotatable bonds is 4. The standard InChI is InChI=1S/C13H16F3NO.C7H6N4O/c1-9(8-13(14,15)16)12(18)17-10(2)11-6-4-3-5-7-11;12-7(10-3-1-8-5-10)11-4-2-9-6-11/h3-7,9-10H,8H2,1-2H3,(H,17,18);1-6H/t9-,10+;/m1./s1. The lowest BCUT2D eigenvalue weighted by molar-refractivity contribution is -0.153. The van der Waals surface area contributed by atoms with Gasteiger partial charge in [0.15, 0.2) is 0 Å². The fourth-order valence-corrected chi connectivity index (χ4v) is 2.50. The Morgan fingerprint density at radius 2 is 1.53 bits per heavy atom. The fourth-order valence-electron chi connectivity index (χ4n) is 2.50. The van der Waals surface area contributed by atoms with E-state index in [1.165, 1.54) is 28.7 Å². The van der Waals surface area contributed by atoms with Crippen LogP contribution in [0.15, 0.2) is 67.8 Å². The molecule has 0 radical (unpaired) electrons. The van der Waals surface area contributed by atoms with Crippen LogP contribution in [0.4, 0.5) is 18.0 Å². The van der Waals surface area contributed by atoms with E-state index in [4.69, 9.17) is 0 Å². The Labute approximate surface area is 171 Å². The first-order chi connectivity index (χ1) is 14.2. The number of hydrogen-bond acceptors (Lipinski definition) is 4. The number of nitrogens with one attached hydrogen (secondary N) is 1. The Hall–Kier alpha value is -3.43. The van der Waals surface area contributed by atoms with Gasteiger partial charge < -0.3 is 5.32 Å². The number of aromatic nitrogens is 4. The maximum Gasteiger partial charge on any atom is 0.389 e. The summed E-state index contributed by atoms with van der Waals surface area (Å²) in [6.07, 6.45) is 3.76. The van der Waals surface area contributed by atoms with Crippen molar-refractivity contribution in [3.05, 3.63) is 73.3 Å². The molecule has 0 spiro atoms. The zero-order valence-electron chi connectivity index (χ0n) is 16.5. The second kappa shape index (κ2) is 10.4. The zero-order valence-corrected chi connectivity index (χ0v) is 16.5. The van der Waals surface area contributed by atoms with Crippen LogP contribution >= 0.6 is 0 Å². The minimum absolute atomic E-state index is 0.190. The average Bonchev–Trinajstić information content (AvgIpc) is 3.41. The van der Waals surface area contributed by atoms with Crippen molar-refractivity contribution in [3.63, 3.8) is 0 Å². The predicted molar refractivity (Wildman–Crippen MR) is 103 cm³/mol. The summed E-state index contributed by atoms with van der Waals surface area (Å²) < 4.78 is 39.2. The van der Waals surface area contributed by atoms with Gasteiger partial charge in [0, 0.05) is 30.7 Å². The van der Waals surface area contributed by atoms with Crippen molar-refractivity contribution in [1.82, 2.24) is 24.4 Å². The Morgan fingerprint density at radius 1 is 1.00 bits per heavy atom. The summed E-state index contributed by atoms with van der Waals surface area (Å²) in [5, 5.41) is 2.58. The minimum atomic E-state index is -4.31. The third-order valence-electron chi connectivity index (χ3n) is 4.09. The van der Waals surface area contributed by atoms with Crippen molar-refractivity contribution in [1.29, 1.82) is 0 Å². The monoisotopic (exact) mass is 421 g/mol. The largest absolute Gasteiger partial charge is 0.389 e. The molecule has 3 aromatic rings. The van der Waals surface area contributed by atoms with Crippen LogP contribution in [-0.2, 0) is 4.79 Å². The molecule has 2 heterocycles. The number of hydrogen-bond donors (Lipinski definition) is 1. The van der Waals surface area contributed by atoms with E-state index < -0.39 is 24.4 Å². The molecule has 2 atom stereocenters. The summed E-state index contributed by atoms with van der Waals surface area (Å²) in [7, 11) is 0. The number of nitrogens with zero attached hydrogens (tertiary/aromatic N) is 4. The smallest absolute Gasteiger partial charge is 0.349 e. The van der Waals surface area contributed by atoms with Crippen LogP contribution in [0.3, 0.4) is 0 Å². The highest BCUT2D eigenvalue weighted by Crippen LogP contribution is 2.25. The molecule has 0 saturated carbocycles. The van der Waals surface area contributed by atoms with Crippen molar-refractivity contribution in [2.45, 2.75) is 32.5 Å². The van der Waals surface area contributed by atoms with Crippen molar-refractivity contribution in [2.24, 2.45) is 5.92 Å². The fraction of sp³-hybridized carbons (Fsp3) is 0.300. The van der Waals surface area contributed by atoms with Crippen molar-refractivity contribution < 1.29 is 22.8 Å². The number of benzene rings is 1. The summed E-state index contributed by atoms with van der Waals surface area (Å²) in [6.45, 7) is 3.02. The van der Waals surface area contributed by atoms with E-state index in [1.54, 1.807) is 31.7 Å². The molecule has 0 saturated heterocycles. The molecule has 0 aliphatic rings. The quantitative estimate of drug-likeness (QED) is 0.689. The third kappa shape index (κ3) is 7.19. The number of halogens is 3. The lowest BCUT2D eigenvalue weighted by atomic mass is 10.0. The zero-order chi connectivity index (χ0) is 22.1. The number of amides is 1. The van der Waals surface area contributed by atoms with Gasteiger partial charge in [0.25, 0.3) is 0 Å². The van der Waals surface area contributed by atoms with E-state index in [0.717, 1.165) is 5.56 Å². The number of carbonyl (C=O) groups excluding carboxylic acids is 2. The molecule has 2 aromatic heterocycles. The molecule has 7 nitrogen and oxygen atoms in total. The van der Waals surface area contributed by atoms with Gasteiger partial charge >= 0.3 is 12.2 Å². The van der Waals surface area contributed by atoms with Crippen molar-refractivity contribution in [3.8, 4) is 0 Å². The Balaban J connectivity index is 0.000000230. The molecule has 0 aliphatic heterocycles. The van der Waals surface area contributed by atoms with E-state index in [9.17, 15) is 22.8 Å². The maximum atomic E-state index is 12.1. The van der Waals surface area contributed by atoms with Crippen LogP contribution < -0.4 is 5.32 Å². The third-order valence-corrected chi connectivity index (χ3v) is 4.09. The molecule has 0 fully saturated rings. The van der Waals surface area contributed by atoms with E-state index in [0.29, 0.717) is 0 Å². The van der Waals surface area contributed by atoms with E-state index >= 15 is 0 Å². The maximum absolute atomic E-state index is 12.1. The molecule has 1 aromatic carbocycles. The highest BCUT2D eigenvalue weighted by molar-refractivity contribution is 5.79. The summed E-state index contributed by atoms with van der Waals surface area (Å²) in [6, 6.07) is 8.62. The highest BCUT2D eigenvalue weighted by Gasteiger charge is 2.33. The Kier molecular flexibility index (Phi) is 7.90. The molecular weight excluding hydrogens is 399 g/mol. The van der Waals surface area contributed by atoms with Gasteiger partial charge in [-0.05, 0) is 12.5 Å². The predicted octanol–water partition coefficient (Wildman–Crippen LogP) is 4.05. The summed E-state index contributed by atoms with van der Waals surface area (Å²) in [5.41, 5.74) is 0.866. The molecule has 0 bridgehead atoms. The van der Waals surface area contributed by atoms with Gasteiger partial charge in [-0.25, -0.2) is 14.8 Å². The molecule has 1 N–H and O–H groups in total. The number of imidazole rings is 2. The molecular formula is C20H22F3N5O2. The van der Waals surface area contributed by atoms with Gasteiger partial charge in [0.1, 0.15) is 12.7 Å². The van der Waals surface area contributed by atoms with Crippen LogP contribution in [0, 0.1) is 5.92 Å². The average molecular weight is 421 g/mol. The van der Waals surface area contributed by atoms with Crippen molar-refractivity contribution in [2.75, 3.05) is 0 Å². The van der Waals surface area contributed by atoms with Crippen molar-refractivity contribution >= 4 is 11.9 Å². The van der Waals surface area contributed by atoms with Gasteiger partial charge in [-0.2, -0.15) is 13.2 Å². The van der Waals surface area contributed by atoms with Gasteiger partial charge in [0.2, 0.25) is 5.91 Å². The Morgan fingerprint density at radius 3 is 1.97 bits per heavy atom. The first-order valence-electron chi connectivity index (χ1n) is 9.10. The summed E-state index contributed by atoms with van der Waals surface area (Å²) >= 11 is 0. The van der Waals surface area contributed by atoms with E-state index in [1.807, 2.05) is 30.3 Å². The Bertz CT molecular complexity index is 874. The van der Waals surface area contributed by atoms with E-state index in [-0.39, 0.29) is 12.1 Å². The van der Waals surface area contributed by atoms with Gasteiger partial charge in [-0.15, -0.1) is 0 Å². The second-order valence-corrected chi connectivity index (χ2v) is 6.58. The molecule has 0 aliphatic carbocycles. The number of alkyl halides is 3. The molecule has 30 heavy (non-hydrogen) atoms. The van der Waals surface area contributed by atoms with Crippen LogP contribution in [0.1, 0.15) is 31.9 Å². The second-order valence-electron chi connectivity index (χ2n) is 6.58.